The molecule has 0 saturated heterocycles. The molecule has 5 nitrogen and oxygen atoms in total. The normalized spacial score (nSPS) is 16.4. The first-order valence-corrected chi connectivity index (χ1v) is 6.13. The molecule has 1 saturated carbocycles. The second-order valence-corrected chi connectivity index (χ2v) is 4.63. The summed E-state index contributed by atoms with van der Waals surface area (Å²) in [5.41, 5.74) is 1.70. The summed E-state index contributed by atoms with van der Waals surface area (Å²) in [5.74, 6) is 0.386. The van der Waals surface area contributed by atoms with Crippen LogP contribution in [0.25, 0.3) is 0 Å². The van der Waals surface area contributed by atoms with E-state index in [0.29, 0.717) is 18.5 Å². The lowest BCUT2D eigenvalue weighted by atomic mass is 10.2. The van der Waals surface area contributed by atoms with Crippen molar-refractivity contribution in [3.8, 4) is 0 Å². The molecule has 17 heavy (non-hydrogen) atoms. The van der Waals surface area contributed by atoms with Gasteiger partial charge in [0.1, 0.15) is 0 Å². The number of carbonyl (C=O) groups excluding carboxylic acids is 1. The molecule has 5 heteroatoms. The fourth-order valence-corrected chi connectivity index (χ4v) is 2.07. The van der Waals surface area contributed by atoms with Gasteiger partial charge in [0, 0.05) is 11.6 Å². The van der Waals surface area contributed by atoms with E-state index >= 15 is 0 Å². The Morgan fingerprint density at radius 2 is 2.12 bits per heavy atom. The molecule has 1 aliphatic carbocycles. The topological polar surface area (TPSA) is 67.2 Å². The minimum Gasteiger partial charge on any atom is -0.338 e. The van der Waals surface area contributed by atoms with Gasteiger partial charge in [-0.1, -0.05) is 18.0 Å². The summed E-state index contributed by atoms with van der Waals surface area (Å²) in [5, 5.41) is 9.77. The quantitative estimate of drug-likeness (QED) is 0.837. The Morgan fingerprint density at radius 3 is 2.71 bits per heavy atom. The molecule has 0 unspecified atom stereocenters. The number of aromatic nitrogens is 1. The Labute approximate surface area is 101 Å². The van der Waals surface area contributed by atoms with E-state index < -0.39 is 0 Å². The van der Waals surface area contributed by atoms with E-state index in [9.17, 15) is 4.79 Å². The highest BCUT2D eigenvalue weighted by Gasteiger charge is 2.16. The average Bonchev–Trinajstić information content (AvgIpc) is 2.92. The third-order valence-electron chi connectivity index (χ3n) is 3.32. The van der Waals surface area contributed by atoms with Crippen LogP contribution in [0.1, 0.15) is 36.9 Å². The van der Waals surface area contributed by atoms with Crippen LogP contribution in [-0.2, 0) is 4.79 Å². The van der Waals surface area contributed by atoms with Crippen LogP contribution < -0.4 is 10.6 Å². The Bertz CT molecular complexity index is 394. The molecule has 2 rings (SSSR count). The summed E-state index contributed by atoms with van der Waals surface area (Å²) in [4.78, 5) is 11.7. The molecule has 1 aromatic heterocycles. The van der Waals surface area contributed by atoms with Gasteiger partial charge in [0.05, 0.1) is 12.2 Å². The zero-order valence-corrected chi connectivity index (χ0v) is 10.4. The van der Waals surface area contributed by atoms with E-state index in [1.807, 2.05) is 13.8 Å². The fourth-order valence-electron chi connectivity index (χ4n) is 2.07. The SMILES string of the molecule is Cc1noc(NC(=O)CNC2CCCC2)c1C. The molecule has 2 N–H and O–H groups in total. The molecule has 0 radical (unpaired) electrons. The zero-order valence-electron chi connectivity index (χ0n) is 10.4. The van der Waals surface area contributed by atoms with Crippen molar-refractivity contribution in [1.29, 1.82) is 0 Å². The van der Waals surface area contributed by atoms with E-state index in [1.165, 1.54) is 25.7 Å². The number of rotatable bonds is 4. The molecule has 1 aliphatic rings. The van der Waals surface area contributed by atoms with Gasteiger partial charge in [0.25, 0.3) is 0 Å². The molecule has 1 heterocycles. The number of nitrogens with one attached hydrogen (secondary N) is 2. The number of carbonyl (C=O) groups is 1. The van der Waals surface area contributed by atoms with Crippen molar-refractivity contribution in [3.63, 3.8) is 0 Å². The van der Waals surface area contributed by atoms with Gasteiger partial charge in [0.2, 0.25) is 11.8 Å². The summed E-state index contributed by atoms with van der Waals surface area (Å²) >= 11 is 0. The maximum Gasteiger partial charge on any atom is 0.240 e. The number of hydrogen-bond donors (Lipinski definition) is 2. The Balaban J connectivity index is 1.78. The van der Waals surface area contributed by atoms with Crippen LogP contribution in [0, 0.1) is 13.8 Å². The van der Waals surface area contributed by atoms with E-state index in [0.717, 1.165) is 11.3 Å². The summed E-state index contributed by atoms with van der Waals surface area (Å²) in [6.07, 6.45) is 4.88. The predicted molar refractivity (Wildman–Crippen MR) is 64.9 cm³/mol. The monoisotopic (exact) mass is 237 g/mol. The van der Waals surface area contributed by atoms with Gasteiger partial charge < -0.3 is 9.84 Å². The lowest BCUT2D eigenvalue weighted by molar-refractivity contribution is -0.115. The van der Waals surface area contributed by atoms with Gasteiger partial charge in [-0.3, -0.25) is 10.1 Å². The maximum atomic E-state index is 11.7. The molecular formula is C12H19N3O2. The smallest absolute Gasteiger partial charge is 0.240 e. The Kier molecular flexibility index (Phi) is 3.78. The average molecular weight is 237 g/mol. The minimum atomic E-state index is -0.0730. The highest BCUT2D eigenvalue weighted by atomic mass is 16.5. The second-order valence-electron chi connectivity index (χ2n) is 4.63. The van der Waals surface area contributed by atoms with Crippen molar-refractivity contribution < 1.29 is 9.32 Å². The lowest BCUT2D eigenvalue weighted by Gasteiger charge is -2.10. The first-order chi connectivity index (χ1) is 8.16. The zero-order chi connectivity index (χ0) is 12.3. The van der Waals surface area contributed by atoms with Crippen molar-refractivity contribution in [2.75, 3.05) is 11.9 Å². The van der Waals surface area contributed by atoms with Crippen LogP contribution in [0.15, 0.2) is 4.52 Å². The van der Waals surface area contributed by atoms with Crippen LogP contribution in [0.2, 0.25) is 0 Å². The third kappa shape index (κ3) is 3.06. The van der Waals surface area contributed by atoms with Gasteiger partial charge >= 0.3 is 0 Å². The molecule has 1 amide bonds. The van der Waals surface area contributed by atoms with Gasteiger partial charge in [-0.2, -0.15) is 0 Å². The van der Waals surface area contributed by atoms with Crippen molar-refractivity contribution in [2.24, 2.45) is 0 Å². The predicted octanol–water partition coefficient (Wildman–Crippen LogP) is 1.76. The van der Waals surface area contributed by atoms with E-state index in [1.54, 1.807) is 0 Å². The summed E-state index contributed by atoms with van der Waals surface area (Å²) < 4.78 is 5.03. The van der Waals surface area contributed by atoms with Crippen LogP contribution in [0.5, 0.6) is 0 Å². The van der Waals surface area contributed by atoms with Gasteiger partial charge in [-0.05, 0) is 26.7 Å². The fraction of sp³-hybridized carbons (Fsp3) is 0.667. The first-order valence-electron chi connectivity index (χ1n) is 6.13. The Morgan fingerprint density at radius 1 is 1.41 bits per heavy atom. The second kappa shape index (κ2) is 5.31. The van der Waals surface area contributed by atoms with E-state index in [2.05, 4.69) is 15.8 Å². The molecule has 94 valence electrons. The summed E-state index contributed by atoms with van der Waals surface area (Å²) in [6, 6.07) is 0.498. The standard InChI is InChI=1S/C12H19N3O2/c1-8-9(2)15-17-12(8)14-11(16)7-13-10-5-3-4-6-10/h10,13H,3-7H2,1-2H3,(H,14,16). The van der Waals surface area contributed by atoms with Gasteiger partial charge in [-0.15, -0.1) is 0 Å². The minimum absolute atomic E-state index is 0.0730. The molecule has 1 fully saturated rings. The molecule has 0 bridgehead atoms. The molecule has 0 atom stereocenters. The maximum absolute atomic E-state index is 11.7. The molecule has 0 aromatic carbocycles. The van der Waals surface area contributed by atoms with Crippen molar-refractivity contribution >= 4 is 11.8 Å². The number of hydrogen-bond acceptors (Lipinski definition) is 4. The summed E-state index contributed by atoms with van der Waals surface area (Å²) in [6.45, 7) is 4.07. The van der Waals surface area contributed by atoms with Crippen molar-refractivity contribution in [3.05, 3.63) is 11.3 Å². The van der Waals surface area contributed by atoms with Crippen LogP contribution in [-0.4, -0.2) is 23.7 Å². The Hall–Kier alpha value is -1.36. The lowest BCUT2D eigenvalue weighted by Crippen LogP contribution is -2.34. The molecular weight excluding hydrogens is 218 g/mol. The molecule has 0 spiro atoms. The van der Waals surface area contributed by atoms with Crippen molar-refractivity contribution in [2.45, 2.75) is 45.6 Å². The first kappa shape index (κ1) is 12.1. The number of anilines is 1. The molecule has 1 aromatic rings. The molecule has 0 aliphatic heterocycles. The van der Waals surface area contributed by atoms with Crippen LogP contribution >= 0.6 is 0 Å². The third-order valence-corrected chi connectivity index (χ3v) is 3.32. The van der Waals surface area contributed by atoms with E-state index in [-0.39, 0.29) is 5.91 Å². The number of aryl methyl sites for hydroxylation is 1. The number of nitrogens with zero attached hydrogens (tertiary/aromatic N) is 1. The van der Waals surface area contributed by atoms with Crippen molar-refractivity contribution in [1.82, 2.24) is 10.5 Å². The van der Waals surface area contributed by atoms with E-state index in [4.69, 9.17) is 4.52 Å². The highest BCUT2D eigenvalue weighted by Crippen LogP contribution is 2.18. The van der Waals surface area contributed by atoms with Gasteiger partial charge in [0.15, 0.2) is 0 Å². The van der Waals surface area contributed by atoms with Crippen LogP contribution in [0.4, 0.5) is 5.88 Å². The highest BCUT2D eigenvalue weighted by molar-refractivity contribution is 5.91. The number of amides is 1. The van der Waals surface area contributed by atoms with Crippen LogP contribution in [0.3, 0.4) is 0 Å². The van der Waals surface area contributed by atoms with Gasteiger partial charge in [-0.25, -0.2) is 0 Å². The summed E-state index contributed by atoms with van der Waals surface area (Å²) in [7, 11) is 0. The largest absolute Gasteiger partial charge is 0.338 e.